The van der Waals surface area contributed by atoms with Gasteiger partial charge < -0.3 is 14.2 Å². The van der Waals surface area contributed by atoms with Gasteiger partial charge in [0.05, 0.1) is 0 Å². The average Bonchev–Trinajstić information content (AvgIpc) is 3.29. The van der Waals surface area contributed by atoms with Crippen LogP contribution >= 0.6 is 0 Å². The maximum Gasteiger partial charge on any atom is 0.306 e. The first-order chi connectivity index (χ1) is 31.5. The highest BCUT2D eigenvalue weighted by Gasteiger charge is 2.19. The van der Waals surface area contributed by atoms with Gasteiger partial charge in [0.2, 0.25) is 0 Å². The fourth-order valence-corrected chi connectivity index (χ4v) is 7.66. The van der Waals surface area contributed by atoms with Crippen LogP contribution in [0.1, 0.15) is 271 Å². The summed E-state index contributed by atoms with van der Waals surface area (Å²) in [5.74, 6) is -0.912. The van der Waals surface area contributed by atoms with Crippen LogP contribution in [0.5, 0.6) is 0 Å². The largest absolute Gasteiger partial charge is 0.462 e. The highest BCUT2D eigenvalue weighted by Crippen LogP contribution is 2.15. The van der Waals surface area contributed by atoms with Gasteiger partial charge in [0.15, 0.2) is 6.10 Å². The summed E-state index contributed by atoms with van der Waals surface area (Å²) in [4.78, 5) is 38.1. The Bertz CT molecular complexity index is 1170. The predicted octanol–water partition coefficient (Wildman–Crippen LogP) is 18.0. The van der Waals surface area contributed by atoms with Crippen molar-refractivity contribution in [3.63, 3.8) is 0 Å². The Balaban J connectivity index is 4.42. The molecule has 64 heavy (non-hydrogen) atoms. The Morgan fingerprint density at radius 1 is 0.328 bits per heavy atom. The molecular weight excluding hydrogens is 793 g/mol. The molecule has 0 aromatic heterocycles. The monoisotopic (exact) mass is 895 g/mol. The van der Waals surface area contributed by atoms with E-state index in [1.807, 2.05) is 0 Å². The third-order valence-corrected chi connectivity index (χ3v) is 11.8. The van der Waals surface area contributed by atoms with E-state index < -0.39 is 6.10 Å². The van der Waals surface area contributed by atoms with Crippen molar-refractivity contribution in [1.29, 1.82) is 0 Å². The first-order valence-electron chi connectivity index (χ1n) is 27.3. The smallest absolute Gasteiger partial charge is 0.306 e. The molecule has 1 unspecified atom stereocenters. The number of unbranched alkanes of at least 4 members (excludes halogenated alkanes) is 28. The summed E-state index contributed by atoms with van der Waals surface area (Å²) >= 11 is 0. The maximum atomic E-state index is 12.8. The van der Waals surface area contributed by atoms with Crippen LogP contribution in [0.3, 0.4) is 0 Å². The molecule has 0 heterocycles. The fraction of sp³-hybridized carbons (Fsp3) is 0.776. The van der Waals surface area contributed by atoms with Gasteiger partial charge >= 0.3 is 17.9 Å². The normalized spacial score (nSPS) is 12.5. The minimum atomic E-state index is -0.787. The van der Waals surface area contributed by atoms with Crippen LogP contribution in [0.25, 0.3) is 0 Å². The molecule has 0 N–H and O–H groups in total. The standard InChI is InChI=1S/C58H102O6/c1-4-7-10-13-16-19-22-25-28-31-33-36-39-42-45-48-51-57(60)63-54-55(64-58(61)52-49-46-43-40-37-34-30-27-24-21-18-15-12-9-6-3)53-62-56(59)50-47-44-41-38-35-32-29-26-23-20-17-14-11-8-5-2/h7,10,16,19,21,24-25,28,33,36,55H,4-6,8-9,11-15,17-18,20,22-23,26-27,29-32,34-35,37-54H2,1-3H3/b10-7-,19-16-,24-21-,28-25-,36-33-. The van der Waals surface area contributed by atoms with Crippen LogP contribution in [0.2, 0.25) is 0 Å². The summed E-state index contributed by atoms with van der Waals surface area (Å²) in [5, 5.41) is 0. The van der Waals surface area contributed by atoms with Gasteiger partial charge in [0.1, 0.15) is 13.2 Å². The molecule has 1 atom stereocenters. The molecule has 0 saturated carbocycles. The second kappa shape index (κ2) is 52.7. The average molecular weight is 895 g/mol. The van der Waals surface area contributed by atoms with Gasteiger partial charge in [-0.05, 0) is 83.5 Å². The summed E-state index contributed by atoms with van der Waals surface area (Å²) < 4.78 is 16.8. The molecule has 0 aromatic rings. The van der Waals surface area contributed by atoms with Gasteiger partial charge in [-0.15, -0.1) is 0 Å². The van der Waals surface area contributed by atoms with E-state index in [1.165, 1.54) is 141 Å². The maximum absolute atomic E-state index is 12.8. The molecule has 0 aromatic carbocycles. The topological polar surface area (TPSA) is 78.9 Å². The number of hydrogen-bond acceptors (Lipinski definition) is 6. The highest BCUT2D eigenvalue weighted by atomic mass is 16.6. The van der Waals surface area contributed by atoms with Crippen LogP contribution in [0, 0.1) is 0 Å². The van der Waals surface area contributed by atoms with E-state index in [4.69, 9.17) is 14.2 Å². The number of esters is 3. The van der Waals surface area contributed by atoms with Gasteiger partial charge in [-0.3, -0.25) is 14.4 Å². The highest BCUT2D eigenvalue weighted by molar-refractivity contribution is 5.71. The molecule has 0 aliphatic rings. The van der Waals surface area contributed by atoms with Crippen LogP contribution in [0.4, 0.5) is 0 Å². The molecular formula is C58H102O6. The summed E-state index contributed by atoms with van der Waals surface area (Å²) in [6.07, 6.45) is 64.9. The summed E-state index contributed by atoms with van der Waals surface area (Å²) in [7, 11) is 0. The zero-order valence-electron chi connectivity index (χ0n) is 42.3. The van der Waals surface area contributed by atoms with E-state index in [1.54, 1.807) is 0 Å². The Kier molecular flexibility index (Phi) is 50.4. The summed E-state index contributed by atoms with van der Waals surface area (Å²) in [5.41, 5.74) is 0. The number of carbonyl (C=O) groups is 3. The molecule has 0 fully saturated rings. The fourth-order valence-electron chi connectivity index (χ4n) is 7.66. The zero-order valence-corrected chi connectivity index (χ0v) is 42.3. The first-order valence-corrected chi connectivity index (χ1v) is 27.3. The molecule has 0 spiro atoms. The third-order valence-electron chi connectivity index (χ3n) is 11.8. The number of ether oxygens (including phenoxy) is 3. The number of hydrogen-bond donors (Lipinski definition) is 0. The van der Waals surface area contributed by atoms with Gasteiger partial charge in [-0.25, -0.2) is 0 Å². The second-order valence-electron chi connectivity index (χ2n) is 18.1. The van der Waals surface area contributed by atoms with Gasteiger partial charge in [-0.1, -0.05) is 229 Å². The van der Waals surface area contributed by atoms with Crippen molar-refractivity contribution in [1.82, 2.24) is 0 Å². The van der Waals surface area contributed by atoms with Crippen molar-refractivity contribution in [3.05, 3.63) is 60.8 Å². The van der Waals surface area contributed by atoms with Crippen LogP contribution in [-0.4, -0.2) is 37.2 Å². The Labute approximate surface area is 396 Å². The van der Waals surface area contributed by atoms with Crippen LogP contribution in [0.15, 0.2) is 60.8 Å². The van der Waals surface area contributed by atoms with Crippen LogP contribution < -0.4 is 0 Å². The van der Waals surface area contributed by atoms with Crippen molar-refractivity contribution < 1.29 is 28.6 Å². The molecule has 0 aliphatic carbocycles. The number of allylic oxidation sites excluding steroid dienone is 10. The van der Waals surface area contributed by atoms with Crippen molar-refractivity contribution in [2.75, 3.05) is 13.2 Å². The lowest BCUT2D eigenvalue weighted by atomic mass is 10.0. The molecule has 6 heteroatoms. The lowest BCUT2D eigenvalue weighted by Crippen LogP contribution is -2.30. The minimum absolute atomic E-state index is 0.0838. The zero-order chi connectivity index (χ0) is 46.5. The van der Waals surface area contributed by atoms with E-state index in [0.29, 0.717) is 19.3 Å². The lowest BCUT2D eigenvalue weighted by Gasteiger charge is -2.18. The molecule has 0 amide bonds. The Hall–Kier alpha value is -2.89. The van der Waals surface area contributed by atoms with Crippen molar-refractivity contribution >= 4 is 17.9 Å². The van der Waals surface area contributed by atoms with E-state index in [0.717, 1.165) is 89.9 Å². The Morgan fingerprint density at radius 3 is 1.00 bits per heavy atom. The van der Waals surface area contributed by atoms with Crippen molar-refractivity contribution in [2.45, 2.75) is 277 Å². The molecule has 0 aliphatic heterocycles. The van der Waals surface area contributed by atoms with Gasteiger partial charge in [0, 0.05) is 19.3 Å². The van der Waals surface area contributed by atoms with E-state index in [-0.39, 0.29) is 31.1 Å². The van der Waals surface area contributed by atoms with E-state index in [2.05, 4.69) is 81.5 Å². The van der Waals surface area contributed by atoms with E-state index in [9.17, 15) is 14.4 Å². The molecule has 0 radical (unpaired) electrons. The number of rotatable bonds is 49. The first kappa shape index (κ1) is 61.1. The van der Waals surface area contributed by atoms with Gasteiger partial charge in [0.25, 0.3) is 0 Å². The van der Waals surface area contributed by atoms with Gasteiger partial charge in [-0.2, -0.15) is 0 Å². The SMILES string of the molecule is CC/C=C\C/C=C\C/C=C\C/C=C\CCCCCC(=O)OCC(COC(=O)CCCCCCCCCCCCCCCCC)OC(=O)CCCCCCCCC/C=C\CCCCCC. The van der Waals surface area contributed by atoms with Crippen molar-refractivity contribution in [2.24, 2.45) is 0 Å². The quantitative estimate of drug-likeness (QED) is 0.0262. The lowest BCUT2D eigenvalue weighted by molar-refractivity contribution is -0.167. The molecule has 0 rings (SSSR count). The third kappa shape index (κ3) is 50.1. The molecule has 370 valence electrons. The molecule has 6 nitrogen and oxygen atoms in total. The van der Waals surface area contributed by atoms with Crippen molar-refractivity contribution in [3.8, 4) is 0 Å². The minimum Gasteiger partial charge on any atom is -0.462 e. The summed E-state index contributed by atoms with van der Waals surface area (Å²) in [6.45, 7) is 6.50. The number of carbonyl (C=O) groups excluding carboxylic acids is 3. The molecule has 0 bridgehead atoms. The Morgan fingerprint density at radius 2 is 0.609 bits per heavy atom. The summed E-state index contributed by atoms with van der Waals surface area (Å²) in [6, 6.07) is 0. The predicted molar refractivity (Wildman–Crippen MR) is 275 cm³/mol. The van der Waals surface area contributed by atoms with Crippen LogP contribution in [-0.2, 0) is 28.6 Å². The molecule has 0 saturated heterocycles. The van der Waals surface area contributed by atoms with E-state index >= 15 is 0 Å². The second-order valence-corrected chi connectivity index (χ2v) is 18.1.